The molecule has 1 unspecified atom stereocenters. The third-order valence-corrected chi connectivity index (χ3v) is 3.99. The summed E-state index contributed by atoms with van der Waals surface area (Å²) in [6, 6.07) is 3.52. The fraction of sp³-hybridized carbons (Fsp3) is 0.385. The summed E-state index contributed by atoms with van der Waals surface area (Å²) in [6.07, 6.45) is -3.76. The van der Waals surface area contributed by atoms with Gasteiger partial charge in [0.05, 0.1) is 13.0 Å². The van der Waals surface area contributed by atoms with Crippen LogP contribution in [0.1, 0.15) is 17.1 Å². The molecule has 0 saturated carbocycles. The second kappa shape index (κ2) is 6.09. The Morgan fingerprint density at radius 2 is 2.23 bits per heavy atom. The van der Waals surface area contributed by atoms with Crippen molar-refractivity contribution >= 4 is 17.2 Å². The summed E-state index contributed by atoms with van der Waals surface area (Å²) < 4.78 is 40.8. The number of aryl methyl sites for hydroxylation is 1. The van der Waals surface area contributed by atoms with Gasteiger partial charge >= 0.3 is 6.18 Å². The number of hydrogen-bond acceptors (Lipinski definition) is 4. The molecule has 1 atom stereocenters. The first kappa shape index (κ1) is 16.5. The van der Waals surface area contributed by atoms with Gasteiger partial charge in [-0.25, -0.2) is 4.98 Å². The number of thiophene rings is 1. The Bertz CT molecular complexity index is 639. The molecule has 2 aromatic heterocycles. The van der Waals surface area contributed by atoms with Crippen molar-refractivity contribution in [1.82, 2.24) is 14.9 Å². The van der Waals surface area contributed by atoms with E-state index in [1.54, 1.807) is 17.5 Å². The lowest BCUT2D eigenvalue weighted by atomic mass is 9.97. The zero-order valence-electron chi connectivity index (χ0n) is 11.6. The molecule has 2 rings (SSSR count). The van der Waals surface area contributed by atoms with E-state index in [2.05, 4.69) is 10.3 Å². The number of nitrogens with zero attached hydrogens (tertiary/aromatic N) is 2. The van der Waals surface area contributed by atoms with Crippen LogP contribution < -0.4 is 5.32 Å². The highest BCUT2D eigenvalue weighted by Crippen LogP contribution is 2.40. The number of alkyl halides is 3. The molecule has 0 aromatic carbocycles. The Labute approximate surface area is 128 Å². The molecule has 9 heteroatoms. The van der Waals surface area contributed by atoms with Crippen molar-refractivity contribution in [3.63, 3.8) is 0 Å². The second-order valence-electron chi connectivity index (χ2n) is 4.75. The fourth-order valence-electron chi connectivity index (χ4n) is 1.96. The first-order valence-electron chi connectivity index (χ1n) is 6.30. The number of rotatable bonds is 5. The van der Waals surface area contributed by atoms with Crippen LogP contribution in [0.5, 0.6) is 0 Å². The number of halogens is 3. The number of imidazole rings is 1. The van der Waals surface area contributed by atoms with Crippen molar-refractivity contribution in [2.45, 2.75) is 24.7 Å². The van der Waals surface area contributed by atoms with Gasteiger partial charge in [-0.15, -0.1) is 11.3 Å². The molecule has 2 heterocycles. The summed E-state index contributed by atoms with van der Waals surface area (Å²) in [7, 11) is 1.32. The second-order valence-corrected chi connectivity index (χ2v) is 5.78. The number of carbonyl (C=O) groups excluding carboxylic acids is 1. The minimum Gasteiger partial charge on any atom is -0.374 e. The zero-order chi connectivity index (χ0) is 16.4. The van der Waals surface area contributed by atoms with Gasteiger partial charge in [-0.1, -0.05) is 6.07 Å². The Kier molecular flexibility index (Phi) is 4.57. The number of nitrogens with one attached hydrogen (secondary N) is 1. The van der Waals surface area contributed by atoms with Crippen LogP contribution in [-0.2, 0) is 24.0 Å². The van der Waals surface area contributed by atoms with Crippen molar-refractivity contribution in [3.8, 4) is 0 Å². The van der Waals surface area contributed by atoms with Crippen LogP contribution in [0.4, 0.5) is 13.2 Å². The van der Waals surface area contributed by atoms with E-state index in [1.807, 2.05) is 0 Å². The lowest BCUT2D eigenvalue weighted by molar-refractivity contribution is -0.271. The Morgan fingerprint density at radius 1 is 1.50 bits per heavy atom. The molecule has 2 aromatic rings. The van der Waals surface area contributed by atoms with Crippen LogP contribution in [0.25, 0.3) is 0 Å². The average Bonchev–Trinajstić information content (AvgIpc) is 3.06. The average molecular weight is 333 g/mol. The minimum absolute atomic E-state index is 0.116. The van der Waals surface area contributed by atoms with Crippen LogP contribution in [-0.4, -0.2) is 26.7 Å². The summed E-state index contributed by atoms with van der Waals surface area (Å²) >= 11 is 1.37. The SMILES string of the molecule is Cn1ccnc1C(O)(CC(=O)NCc1cccs1)C(F)(F)F. The standard InChI is InChI=1S/C13H14F3N3O2S/c1-19-5-4-17-11(19)12(21,13(14,15)16)7-10(20)18-8-9-3-2-6-22-9/h2-6,21H,7-8H2,1H3,(H,18,20). The number of aromatic nitrogens is 2. The molecule has 0 spiro atoms. The van der Waals surface area contributed by atoms with Gasteiger partial charge in [-0.05, 0) is 11.4 Å². The summed E-state index contributed by atoms with van der Waals surface area (Å²) in [5.41, 5.74) is -3.33. The normalized spacial score (nSPS) is 14.6. The molecule has 0 aliphatic heterocycles. The highest BCUT2D eigenvalue weighted by molar-refractivity contribution is 7.09. The van der Waals surface area contributed by atoms with E-state index in [0.29, 0.717) is 0 Å². The third kappa shape index (κ3) is 3.30. The maximum Gasteiger partial charge on any atom is 0.425 e. The Morgan fingerprint density at radius 3 is 2.73 bits per heavy atom. The van der Waals surface area contributed by atoms with Gasteiger partial charge in [-0.3, -0.25) is 4.79 Å². The number of carbonyl (C=O) groups is 1. The predicted molar refractivity (Wildman–Crippen MR) is 73.9 cm³/mol. The number of amides is 1. The molecule has 0 saturated heterocycles. The number of aliphatic hydroxyl groups is 1. The van der Waals surface area contributed by atoms with Crippen molar-refractivity contribution < 1.29 is 23.1 Å². The Hall–Kier alpha value is -1.87. The van der Waals surface area contributed by atoms with Crippen LogP contribution in [0.15, 0.2) is 29.9 Å². The quantitative estimate of drug-likeness (QED) is 0.879. The largest absolute Gasteiger partial charge is 0.425 e. The fourth-order valence-corrected chi connectivity index (χ4v) is 2.61. The van der Waals surface area contributed by atoms with Gasteiger partial charge in [0.25, 0.3) is 0 Å². The molecule has 0 fully saturated rings. The molecule has 22 heavy (non-hydrogen) atoms. The van der Waals surface area contributed by atoms with Crippen molar-refractivity contribution in [2.24, 2.45) is 7.05 Å². The van der Waals surface area contributed by atoms with E-state index in [9.17, 15) is 23.1 Å². The van der Waals surface area contributed by atoms with Gasteiger partial charge in [0.2, 0.25) is 11.5 Å². The minimum atomic E-state index is -5.02. The van der Waals surface area contributed by atoms with Crippen molar-refractivity contribution in [2.75, 3.05) is 0 Å². The van der Waals surface area contributed by atoms with Gasteiger partial charge < -0.3 is 15.0 Å². The maximum atomic E-state index is 13.2. The molecule has 120 valence electrons. The lowest BCUT2D eigenvalue weighted by Crippen LogP contribution is -2.47. The molecule has 1 amide bonds. The van der Waals surface area contributed by atoms with Crippen molar-refractivity contribution in [3.05, 3.63) is 40.6 Å². The van der Waals surface area contributed by atoms with Crippen LogP contribution >= 0.6 is 11.3 Å². The smallest absolute Gasteiger partial charge is 0.374 e. The summed E-state index contributed by atoms with van der Waals surface area (Å²) in [5, 5.41) is 14.2. The van der Waals surface area contributed by atoms with E-state index in [1.165, 1.54) is 24.6 Å². The van der Waals surface area contributed by atoms with Crippen LogP contribution in [0.2, 0.25) is 0 Å². The maximum absolute atomic E-state index is 13.2. The Balaban J connectivity index is 2.14. The molecule has 0 aliphatic rings. The van der Waals surface area contributed by atoms with Gasteiger partial charge in [-0.2, -0.15) is 13.2 Å². The highest BCUT2D eigenvalue weighted by atomic mass is 32.1. The van der Waals surface area contributed by atoms with E-state index in [0.717, 1.165) is 15.6 Å². The molecule has 2 N–H and O–H groups in total. The first-order chi connectivity index (χ1) is 10.2. The summed E-state index contributed by atoms with van der Waals surface area (Å²) in [5.74, 6) is -1.53. The predicted octanol–water partition coefficient (Wildman–Crippen LogP) is 1.94. The van der Waals surface area contributed by atoms with E-state index in [-0.39, 0.29) is 6.54 Å². The van der Waals surface area contributed by atoms with Crippen LogP contribution in [0.3, 0.4) is 0 Å². The van der Waals surface area contributed by atoms with Gasteiger partial charge in [0.1, 0.15) is 0 Å². The molecular weight excluding hydrogens is 319 g/mol. The van der Waals surface area contributed by atoms with Gasteiger partial charge in [0, 0.05) is 24.3 Å². The lowest BCUT2D eigenvalue weighted by Gasteiger charge is -2.29. The molecule has 5 nitrogen and oxygen atoms in total. The monoisotopic (exact) mass is 333 g/mol. The molecule has 0 aliphatic carbocycles. The van der Waals surface area contributed by atoms with Crippen molar-refractivity contribution in [1.29, 1.82) is 0 Å². The molecule has 0 bridgehead atoms. The van der Waals surface area contributed by atoms with E-state index < -0.39 is 29.9 Å². The van der Waals surface area contributed by atoms with Crippen LogP contribution in [0, 0.1) is 0 Å². The first-order valence-corrected chi connectivity index (χ1v) is 7.18. The third-order valence-electron chi connectivity index (χ3n) is 3.12. The highest BCUT2D eigenvalue weighted by Gasteiger charge is 2.58. The van der Waals surface area contributed by atoms with E-state index >= 15 is 0 Å². The molecular formula is C13H14F3N3O2S. The summed E-state index contributed by atoms with van der Waals surface area (Å²) in [6.45, 7) is 0.116. The zero-order valence-corrected chi connectivity index (χ0v) is 12.4. The number of hydrogen-bond donors (Lipinski definition) is 2. The van der Waals surface area contributed by atoms with Gasteiger partial charge in [0.15, 0.2) is 5.82 Å². The summed E-state index contributed by atoms with van der Waals surface area (Å²) in [4.78, 5) is 16.1. The molecule has 0 radical (unpaired) electrons. The topological polar surface area (TPSA) is 67.1 Å². The van der Waals surface area contributed by atoms with E-state index in [4.69, 9.17) is 0 Å².